The van der Waals surface area contributed by atoms with Gasteiger partial charge in [-0.3, -0.25) is 4.79 Å². The third-order valence-corrected chi connectivity index (χ3v) is 5.54. The fourth-order valence-electron chi connectivity index (χ4n) is 4.12. The van der Waals surface area contributed by atoms with Crippen LogP contribution in [0.4, 0.5) is 5.82 Å². The number of hydrogen-bond donors (Lipinski definition) is 2. The highest BCUT2D eigenvalue weighted by Gasteiger charge is 2.20. The predicted octanol–water partition coefficient (Wildman–Crippen LogP) is 2.92. The minimum absolute atomic E-state index is 0.250. The minimum Gasteiger partial charge on any atom is -0.493 e. The molecule has 0 unspecified atom stereocenters. The van der Waals surface area contributed by atoms with E-state index in [9.17, 15) is 0 Å². The lowest BCUT2D eigenvalue weighted by Gasteiger charge is -2.22. The van der Waals surface area contributed by atoms with Crippen LogP contribution in [-0.4, -0.2) is 68.5 Å². The first kappa shape index (κ1) is 22.1. The van der Waals surface area contributed by atoms with Crippen LogP contribution in [0.15, 0.2) is 12.1 Å². The van der Waals surface area contributed by atoms with Crippen LogP contribution in [0.3, 0.4) is 0 Å². The second kappa shape index (κ2) is 11.0. The summed E-state index contributed by atoms with van der Waals surface area (Å²) < 4.78 is 17.3. The van der Waals surface area contributed by atoms with Crippen molar-refractivity contribution < 1.29 is 24.1 Å². The largest absolute Gasteiger partial charge is 0.493 e. The number of carbonyl (C=O) groups is 1. The van der Waals surface area contributed by atoms with Crippen LogP contribution in [0.1, 0.15) is 30.4 Å². The number of carboxylic acid groups (broad SMARTS) is 1. The Bertz CT molecular complexity index is 853. The minimum atomic E-state index is -0.250. The monoisotopic (exact) mass is 417 g/mol. The van der Waals surface area contributed by atoms with Crippen molar-refractivity contribution in [1.82, 2.24) is 9.88 Å². The molecule has 2 aromatic rings. The summed E-state index contributed by atoms with van der Waals surface area (Å²) >= 11 is 0. The summed E-state index contributed by atoms with van der Waals surface area (Å²) in [6.45, 7) is 5.34. The molecule has 2 N–H and O–H groups in total. The van der Waals surface area contributed by atoms with E-state index in [1.807, 2.05) is 13.1 Å². The van der Waals surface area contributed by atoms with Crippen molar-refractivity contribution in [2.75, 3.05) is 52.3 Å². The number of pyridine rings is 1. The Morgan fingerprint density at radius 3 is 2.73 bits per heavy atom. The molecule has 1 aromatic heterocycles. The molecule has 0 amide bonds. The summed E-state index contributed by atoms with van der Waals surface area (Å²) in [7, 11) is 3.60. The number of hydrogen-bond acceptors (Lipinski definition) is 7. The van der Waals surface area contributed by atoms with E-state index in [1.54, 1.807) is 7.11 Å². The van der Waals surface area contributed by atoms with E-state index < -0.39 is 0 Å². The van der Waals surface area contributed by atoms with Crippen LogP contribution in [0.5, 0.6) is 11.5 Å². The normalized spacial score (nSPS) is 15.8. The number of anilines is 1. The van der Waals surface area contributed by atoms with Crippen LogP contribution < -0.4 is 14.8 Å². The number of nitrogens with zero attached hydrogens (tertiary/aromatic N) is 2. The summed E-state index contributed by atoms with van der Waals surface area (Å²) in [5.41, 5.74) is 3.39. The second-order valence-corrected chi connectivity index (χ2v) is 7.35. The molecule has 0 aliphatic carbocycles. The number of likely N-dealkylation sites (tertiary alicyclic amines) is 1. The standard InChI is InChI=1S/C21H29N3O3.CH2O2/c1-22-21-17-14-26-11-6-15(17)16-12-19(25-2)20(13-18(16)23-21)27-10-5-9-24-7-3-4-8-24;2-1-3/h12-13H,3-11,14H2,1-2H3,(H,22,23);1H,(H,2,3). The zero-order valence-corrected chi connectivity index (χ0v) is 17.8. The summed E-state index contributed by atoms with van der Waals surface area (Å²) in [5.74, 6) is 2.44. The number of fused-ring (bicyclic) bond motifs is 3. The Kier molecular flexibility index (Phi) is 8.10. The molecular weight excluding hydrogens is 386 g/mol. The molecule has 0 bridgehead atoms. The van der Waals surface area contributed by atoms with Crippen LogP contribution in [0.25, 0.3) is 10.9 Å². The number of methoxy groups -OCH3 is 1. The average molecular weight is 418 g/mol. The lowest BCUT2D eigenvalue weighted by atomic mass is 9.98. The van der Waals surface area contributed by atoms with Gasteiger partial charge in [0.15, 0.2) is 11.5 Å². The lowest BCUT2D eigenvalue weighted by molar-refractivity contribution is -0.122. The Labute approximate surface area is 177 Å². The zero-order chi connectivity index (χ0) is 21.3. The van der Waals surface area contributed by atoms with Crippen LogP contribution in [-0.2, 0) is 22.6 Å². The average Bonchev–Trinajstić information content (AvgIpc) is 3.29. The highest BCUT2D eigenvalue weighted by atomic mass is 16.5. The molecule has 4 rings (SSSR count). The van der Waals surface area contributed by atoms with Crippen LogP contribution in [0, 0.1) is 0 Å². The van der Waals surface area contributed by atoms with Gasteiger partial charge in [0.25, 0.3) is 6.47 Å². The molecule has 0 spiro atoms. The summed E-state index contributed by atoms with van der Waals surface area (Å²) in [4.78, 5) is 15.7. The number of aromatic nitrogens is 1. The summed E-state index contributed by atoms with van der Waals surface area (Å²) in [6, 6.07) is 4.09. The van der Waals surface area contributed by atoms with Gasteiger partial charge >= 0.3 is 0 Å². The van der Waals surface area contributed by atoms with Crippen molar-refractivity contribution >= 4 is 23.2 Å². The van der Waals surface area contributed by atoms with E-state index >= 15 is 0 Å². The van der Waals surface area contributed by atoms with E-state index in [2.05, 4.69) is 16.3 Å². The fourth-order valence-corrected chi connectivity index (χ4v) is 4.12. The lowest BCUT2D eigenvalue weighted by Crippen LogP contribution is -2.22. The Balaban J connectivity index is 0.000000806. The Hall–Kier alpha value is -2.58. The van der Waals surface area contributed by atoms with E-state index in [1.165, 1.54) is 31.5 Å². The van der Waals surface area contributed by atoms with Gasteiger partial charge < -0.3 is 29.5 Å². The van der Waals surface area contributed by atoms with Gasteiger partial charge in [-0.1, -0.05) is 0 Å². The Morgan fingerprint density at radius 1 is 1.27 bits per heavy atom. The maximum absolute atomic E-state index is 8.36. The first-order valence-electron chi connectivity index (χ1n) is 10.4. The fraction of sp³-hybridized carbons (Fsp3) is 0.545. The van der Waals surface area contributed by atoms with Crippen molar-refractivity contribution in [1.29, 1.82) is 0 Å². The highest BCUT2D eigenvalue weighted by molar-refractivity contribution is 5.89. The molecular formula is C22H31N3O5. The van der Waals surface area contributed by atoms with E-state index in [0.29, 0.717) is 13.2 Å². The van der Waals surface area contributed by atoms with Gasteiger partial charge in [-0.2, -0.15) is 0 Å². The van der Waals surface area contributed by atoms with Crippen molar-refractivity contribution in [3.63, 3.8) is 0 Å². The quantitative estimate of drug-likeness (QED) is 0.525. The van der Waals surface area contributed by atoms with Crippen molar-refractivity contribution in [3.8, 4) is 11.5 Å². The van der Waals surface area contributed by atoms with Crippen molar-refractivity contribution in [3.05, 3.63) is 23.3 Å². The van der Waals surface area contributed by atoms with Gasteiger partial charge in [-0.15, -0.1) is 0 Å². The summed E-state index contributed by atoms with van der Waals surface area (Å²) in [6.07, 6.45) is 4.57. The molecule has 2 aliphatic rings. The maximum Gasteiger partial charge on any atom is 0.290 e. The van der Waals surface area contributed by atoms with Gasteiger partial charge in [0, 0.05) is 30.6 Å². The molecule has 30 heavy (non-hydrogen) atoms. The molecule has 1 fully saturated rings. The number of nitrogens with one attached hydrogen (secondary N) is 1. The van der Waals surface area contributed by atoms with Gasteiger partial charge in [-0.05, 0) is 50.4 Å². The van der Waals surface area contributed by atoms with Gasteiger partial charge in [-0.25, -0.2) is 4.98 Å². The number of benzene rings is 1. The molecule has 164 valence electrons. The third kappa shape index (κ3) is 5.12. The van der Waals surface area contributed by atoms with Crippen molar-refractivity contribution in [2.45, 2.75) is 32.3 Å². The van der Waals surface area contributed by atoms with Gasteiger partial charge in [0.2, 0.25) is 0 Å². The second-order valence-electron chi connectivity index (χ2n) is 7.35. The van der Waals surface area contributed by atoms with Crippen LogP contribution in [0.2, 0.25) is 0 Å². The Morgan fingerprint density at radius 2 is 2.03 bits per heavy atom. The topological polar surface area (TPSA) is 93.2 Å². The predicted molar refractivity (Wildman–Crippen MR) is 116 cm³/mol. The molecule has 2 aliphatic heterocycles. The van der Waals surface area contributed by atoms with E-state index in [-0.39, 0.29) is 6.47 Å². The number of rotatable bonds is 7. The molecule has 0 atom stereocenters. The SMILES string of the molecule is CNc1nc2cc(OCCCN3CCCC3)c(OC)cc2c2c1COCC2.O=CO. The molecule has 8 heteroatoms. The van der Waals surface area contributed by atoms with E-state index in [4.69, 9.17) is 29.1 Å². The molecule has 1 saturated heterocycles. The highest BCUT2D eigenvalue weighted by Crippen LogP contribution is 2.37. The maximum atomic E-state index is 8.36. The first-order valence-corrected chi connectivity index (χ1v) is 10.4. The summed E-state index contributed by atoms with van der Waals surface area (Å²) in [5, 5.41) is 11.2. The van der Waals surface area contributed by atoms with Crippen LogP contribution >= 0.6 is 0 Å². The molecule has 8 nitrogen and oxygen atoms in total. The first-order chi connectivity index (χ1) is 14.7. The molecule has 0 saturated carbocycles. The van der Waals surface area contributed by atoms with Crippen molar-refractivity contribution in [2.24, 2.45) is 0 Å². The van der Waals surface area contributed by atoms with E-state index in [0.717, 1.165) is 59.8 Å². The number of ether oxygens (including phenoxy) is 3. The van der Waals surface area contributed by atoms with Gasteiger partial charge in [0.1, 0.15) is 5.82 Å². The third-order valence-electron chi connectivity index (χ3n) is 5.54. The molecule has 1 aromatic carbocycles. The smallest absolute Gasteiger partial charge is 0.290 e. The van der Waals surface area contributed by atoms with Gasteiger partial charge in [0.05, 0.1) is 32.4 Å². The molecule has 3 heterocycles. The zero-order valence-electron chi connectivity index (χ0n) is 17.8. The molecule has 0 radical (unpaired) electrons.